The van der Waals surface area contributed by atoms with Crippen LogP contribution in [0.4, 0.5) is 0 Å². The first-order valence-electron chi connectivity index (χ1n) is 4.69. The fourth-order valence-electron chi connectivity index (χ4n) is 1.49. The second-order valence-corrected chi connectivity index (χ2v) is 3.43. The minimum atomic E-state index is -0.194. The molecule has 1 aliphatic heterocycles. The van der Waals surface area contributed by atoms with Gasteiger partial charge in [0.2, 0.25) is 5.78 Å². The van der Waals surface area contributed by atoms with Crippen LogP contribution in [0.2, 0.25) is 0 Å². The molecule has 5 nitrogen and oxygen atoms in total. The number of ketones is 1. The van der Waals surface area contributed by atoms with Crippen LogP contribution < -0.4 is 0 Å². The average Bonchev–Trinajstić information content (AvgIpc) is 2.68. The molecule has 1 fully saturated rings. The Morgan fingerprint density at radius 3 is 3.00 bits per heavy atom. The summed E-state index contributed by atoms with van der Waals surface area (Å²) >= 11 is 0. The van der Waals surface area contributed by atoms with Gasteiger partial charge in [-0.2, -0.15) is 4.98 Å². The molecular formula is C9H12N2O3. The molecule has 0 aromatic carbocycles. The van der Waals surface area contributed by atoms with Crippen molar-refractivity contribution in [2.45, 2.75) is 25.7 Å². The lowest BCUT2D eigenvalue weighted by Gasteiger charge is -2.18. The largest absolute Gasteiger partial charge is 0.381 e. The number of nitrogens with zero attached hydrogens (tertiary/aromatic N) is 2. The van der Waals surface area contributed by atoms with E-state index in [2.05, 4.69) is 10.1 Å². The summed E-state index contributed by atoms with van der Waals surface area (Å²) in [6.07, 6.45) is 2.01. The summed E-state index contributed by atoms with van der Waals surface area (Å²) < 4.78 is 10.1. The molecule has 2 rings (SSSR count). The van der Waals surface area contributed by atoms with Crippen LogP contribution >= 0.6 is 0 Å². The zero-order valence-electron chi connectivity index (χ0n) is 8.02. The second-order valence-electron chi connectivity index (χ2n) is 3.43. The quantitative estimate of drug-likeness (QED) is 0.664. The van der Waals surface area contributed by atoms with Gasteiger partial charge in [0.25, 0.3) is 5.89 Å². The van der Waals surface area contributed by atoms with Gasteiger partial charge in [-0.05, 0) is 12.8 Å². The number of hydrogen-bond donors (Lipinski definition) is 0. The molecule has 0 amide bonds. The van der Waals surface area contributed by atoms with Gasteiger partial charge in [0.05, 0.1) is 6.61 Å². The molecule has 0 radical (unpaired) electrons. The van der Waals surface area contributed by atoms with Crippen LogP contribution in [-0.4, -0.2) is 29.1 Å². The first-order chi connectivity index (χ1) is 6.77. The first-order valence-corrected chi connectivity index (χ1v) is 4.69. The molecule has 5 heteroatoms. The van der Waals surface area contributed by atoms with Crippen molar-refractivity contribution in [3.05, 3.63) is 11.7 Å². The van der Waals surface area contributed by atoms with E-state index in [1.807, 2.05) is 0 Å². The minimum Gasteiger partial charge on any atom is -0.381 e. The maximum atomic E-state index is 10.9. The smallest absolute Gasteiger partial charge is 0.293 e. The highest BCUT2D eigenvalue weighted by atomic mass is 16.5. The maximum Gasteiger partial charge on any atom is 0.293 e. The zero-order valence-corrected chi connectivity index (χ0v) is 8.02. The van der Waals surface area contributed by atoms with Gasteiger partial charge in [0.1, 0.15) is 0 Å². The topological polar surface area (TPSA) is 65.2 Å². The Balaban J connectivity index is 2.11. The molecule has 1 aromatic heterocycles. The third-order valence-electron chi connectivity index (χ3n) is 2.27. The number of hydrogen-bond acceptors (Lipinski definition) is 5. The minimum absolute atomic E-state index is 0.0885. The Bertz CT molecular complexity index is 329. The van der Waals surface area contributed by atoms with E-state index >= 15 is 0 Å². The van der Waals surface area contributed by atoms with Crippen molar-refractivity contribution in [3.8, 4) is 0 Å². The van der Waals surface area contributed by atoms with Crippen LogP contribution in [0.1, 0.15) is 42.2 Å². The van der Waals surface area contributed by atoms with Crippen molar-refractivity contribution in [3.63, 3.8) is 0 Å². The van der Waals surface area contributed by atoms with Crippen molar-refractivity contribution < 1.29 is 14.1 Å². The molecule has 1 atom stereocenters. The lowest BCUT2D eigenvalue weighted by molar-refractivity contribution is 0.0773. The SMILES string of the molecule is CC(=O)c1nc(C2CCCOC2)no1. The summed E-state index contributed by atoms with van der Waals surface area (Å²) in [5, 5.41) is 3.77. The Hall–Kier alpha value is -1.23. The molecule has 0 N–H and O–H groups in total. The third-order valence-corrected chi connectivity index (χ3v) is 2.27. The second kappa shape index (κ2) is 3.88. The van der Waals surface area contributed by atoms with E-state index in [0.29, 0.717) is 12.4 Å². The van der Waals surface area contributed by atoms with Crippen LogP contribution in [0.15, 0.2) is 4.52 Å². The summed E-state index contributed by atoms with van der Waals surface area (Å²) in [5.74, 6) is 0.668. The van der Waals surface area contributed by atoms with Crippen molar-refractivity contribution in [1.29, 1.82) is 0 Å². The van der Waals surface area contributed by atoms with Gasteiger partial charge in [-0.1, -0.05) is 5.16 Å². The van der Waals surface area contributed by atoms with E-state index in [1.165, 1.54) is 6.92 Å². The molecule has 76 valence electrons. The van der Waals surface area contributed by atoms with Gasteiger partial charge in [0, 0.05) is 19.4 Å². The van der Waals surface area contributed by atoms with E-state index in [1.54, 1.807) is 0 Å². The fourth-order valence-corrected chi connectivity index (χ4v) is 1.49. The lowest BCUT2D eigenvalue weighted by Crippen LogP contribution is -2.16. The molecule has 1 aliphatic rings. The van der Waals surface area contributed by atoms with E-state index in [9.17, 15) is 4.79 Å². The van der Waals surface area contributed by atoms with Crippen molar-refractivity contribution in [2.24, 2.45) is 0 Å². The van der Waals surface area contributed by atoms with Crippen molar-refractivity contribution in [2.75, 3.05) is 13.2 Å². The van der Waals surface area contributed by atoms with E-state index in [0.717, 1.165) is 19.4 Å². The molecule has 0 spiro atoms. The van der Waals surface area contributed by atoms with Crippen LogP contribution in [0.5, 0.6) is 0 Å². The molecule has 0 saturated carbocycles. The summed E-state index contributed by atoms with van der Waals surface area (Å²) in [4.78, 5) is 14.9. The summed E-state index contributed by atoms with van der Waals surface area (Å²) in [7, 11) is 0. The van der Waals surface area contributed by atoms with Crippen LogP contribution in [-0.2, 0) is 4.74 Å². The van der Waals surface area contributed by atoms with Gasteiger partial charge < -0.3 is 9.26 Å². The number of ether oxygens (including phenoxy) is 1. The van der Waals surface area contributed by atoms with Gasteiger partial charge in [0.15, 0.2) is 5.82 Å². The highest BCUT2D eigenvalue weighted by Gasteiger charge is 2.22. The number of Topliss-reactive ketones (excluding diaryl/α,β-unsaturated/α-hetero) is 1. The van der Waals surface area contributed by atoms with Gasteiger partial charge in [-0.15, -0.1) is 0 Å². The molecule has 1 saturated heterocycles. The number of carbonyl (C=O) groups excluding carboxylic acids is 1. The Labute approximate surface area is 81.4 Å². The van der Waals surface area contributed by atoms with Crippen molar-refractivity contribution >= 4 is 5.78 Å². The maximum absolute atomic E-state index is 10.9. The van der Waals surface area contributed by atoms with Crippen LogP contribution in [0.25, 0.3) is 0 Å². The van der Waals surface area contributed by atoms with E-state index in [-0.39, 0.29) is 17.6 Å². The Morgan fingerprint density at radius 2 is 2.43 bits per heavy atom. The molecule has 0 bridgehead atoms. The molecule has 2 heterocycles. The van der Waals surface area contributed by atoms with Gasteiger partial charge >= 0.3 is 0 Å². The van der Waals surface area contributed by atoms with Crippen LogP contribution in [0.3, 0.4) is 0 Å². The molecule has 1 unspecified atom stereocenters. The predicted octanol–water partition coefficient (Wildman–Crippen LogP) is 1.17. The van der Waals surface area contributed by atoms with Crippen molar-refractivity contribution in [1.82, 2.24) is 10.1 Å². The highest BCUT2D eigenvalue weighted by Crippen LogP contribution is 2.22. The lowest BCUT2D eigenvalue weighted by atomic mass is 10.0. The highest BCUT2D eigenvalue weighted by molar-refractivity contribution is 5.89. The van der Waals surface area contributed by atoms with Gasteiger partial charge in [-0.25, -0.2) is 0 Å². The van der Waals surface area contributed by atoms with Gasteiger partial charge in [-0.3, -0.25) is 4.79 Å². The number of rotatable bonds is 2. The standard InChI is InChI=1S/C9H12N2O3/c1-6(12)9-10-8(11-14-9)7-3-2-4-13-5-7/h7H,2-5H2,1H3. The molecule has 1 aromatic rings. The monoisotopic (exact) mass is 196 g/mol. The Kier molecular flexibility index (Phi) is 2.58. The summed E-state index contributed by atoms with van der Waals surface area (Å²) in [5.41, 5.74) is 0. The van der Waals surface area contributed by atoms with E-state index < -0.39 is 0 Å². The average molecular weight is 196 g/mol. The molecule has 14 heavy (non-hydrogen) atoms. The summed E-state index contributed by atoms with van der Waals surface area (Å²) in [6, 6.07) is 0. The number of aromatic nitrogens is 2. The summed E-state index contributed by atoms with van der Waals surface area (Å²) in [6.45, 7) is 2.83. The van der Waals surface area contributed by atoms with Crippen LogP contribution in [0, 0.1) is 0 Å². The molecular weight excluding hydrogens is 184 g/mol. The number of carbonyl (C=O) groups is 1. The predicted molar refractivity (Wildman–Crippen MR) is 47.1 cm³/mol. The van der Waals surface area contributed by atoms with E-state index in [4.69, 9.17) is 9.26 Å². The Morgan fingerprint density at radius 1 is 1.57 bits per heavy atom. The zero-order chi connectivity index (χ0) is 9.97. The first kappa shape index (κ1) is 9.33. The molecule has 0 aliphatic carbocycles. The third kappa shape index (κ3) is 1.82. The normalized spacial score (nSPS) is 22.2. The fraction of sp³-hybridized carbons (Fsp3) is 0.667.